The molecule has 0 amide bonds. The number of hydrogen-bond acceptors (Lipinski definition) is 4. The van der Waals surface area contributed by atoms with Gasteiger partial charge < -0.3 is 9.57 Å². The van der Waals surface area contributed by atoms with Crippen LogP contribution in [0.4, 0.5) is 0 Å². The molecule has 0 fully saturated rings. The Morgan fingerprint density at radius 1 is 1.22 bits per heavy atom. The van der Waals surface area contributed by atoms with Crippen LogP contribution < -0.4 is 4.74 Å². The Balaban J connectivity index is 1.92. The van der Waals surface area contributed by atoms with E-state index in [4.69, 9.17) is 9.57 Å². The molecular formula is C18H14INO3. The number of carbonyl (C=O) groups is 1. The molecule has 0 bridgehead atoms. The fraction of sp³-hybridized carbons (Fsp3) is 0.111. The van der Waals surface area contributed by atoms with E-state index in [1.54, 1.807) is 6.08 Å². The largest absolute Gasteiger partial charge is 0.494 e. The Labute approximate surface area is 147 Å². The predicted molar refractivity (Wildman–Crippen MR) is 97.4 cm³/mol. The smallest absolute Gasteiger partial charge is 0.368 e. The Kier molecular flexibility index (Phi) is 4.76. The van der Waals surface area contributed by atoms with Gasteiger partial charge in [0.15, 0.2) is 0 Å². The molecule has 0 N–H and O–H groups in total. The molecule has 1 heterocycles. The summed E-state index contributed by atoms with van der Waals surface area (Å²) in [6, 6.07) is 15.3. The molecule has 1 aliphatic heterocycles. The monoisotopic (exact) mass is 419 g/mol. The van der Waals surface area contributed by atoms with Gasteiger partial charge in [-0.15, -0.1) is 0 Å². The Morgan fingerprint density at radius 3 is 2.70 bits per heavy atom. The Morgan fingerprint density at radius 2 is 2.00 bits per heavy atom. The quantitative estimate of drug-likeness (QED) is 0.427. The van der Waals surface area contributed by atoms with E-state index >= 15 is 0 Å². The number of benzene rings is 2. The summed E-state index contributed by atoms with van der Waals surface area (Å²) >= 11 is 2.23. The molecule has 2 aromatic rings. The van der Waals surface area contributed by atoms with Crippen molar-refractivity contribution in [3.8, 4) is 5.75 Å². The molecule has 2 aromatic carbocycles. The van der Waals surface area contributed by atoms with E-state index in [1.165, 1.54) is 0 Å². The molecule has 0 atom stereocenters. The van der Waals surface area contributed by atoms with E-state index < -0.39 is 5.97 Å². The second kappa shape index (κ2) is 6.95. The number of ether oxygens (including phenoxy) is 1. The first-order valence-corrected chi connectivity index (χ1v) is 8.25. The zero-order valence-electron chi connectivity index (χ0n) is 12.5. The van der Waals surface area contributed by atoms with Crippen molar-refractivity contribution in [1.82, 2.24) is 0 Å². The highest BCUT2D eigenvalue weighted by Crippen LogP contribution is 2.22. The molecule has 0 radical (unpaired) electrons. The van der Waals surface area contributed by atoms with Crippen LogP contribution >= 0.6 is 22.6 Å². The van der Waals surface area contributed by atoms with Crippen molar-refractivity contribution in [2.45, 2.75) is 6.92 Å². The number of oxime groups is 1. The fourth-order valence-electron chi connectivity index (χ4n) is 2.25. The maximum atomic E-state index is 12.0. The summed E-state index contributed by atoms with van der Waals surface area (Å²) in [6.07, 6.45) is 1.78. The van der Waals surface area contributed by atoms with E-state index in [-0.39, 0.29) is 0 Å². The summed E-state index contributed by atoms with van der Waals surface area (Å²) in [6.45, 7) is 2.56. The lowest BCUT2D eigenvalue weighted by atomic mass is 10.0. The van der Waals surface area contributed by atoms with Crippen LogP contribution in [0.1, 0.15) is 18.1 Å². The van der Waals surface area contributed by atoms with Gasteiger partial charge in [0.2, 0.25) is 0 Å². The molecule has 4 nitrogen and oxygen atoms in total. The van der Waals surface area contributed by atoms with Crippen LogP contribution in [0.2, 0.25) is 0 Å². The first-order chi connectivity index (χ1) is 11.2. The zero-order valence-corrected chi connectivity index (χ0v) is 14.6. The molecule has 116 valence electrons. The minimum absolute atomic E-state index is 0.437. The fourth-order valence-corrected chi connectivity index (χ4v) is 2.79. The lowest BCUT2D eigenvalue weighted by molar-refractivity contribution is -0.136. The molecule has 0 saturated heterocycles. The highest BCUT2D eigenvalue weighted by molar-refractivity contribution is 14.1. The maximum Gasteiger partial charge on any atom is 0.368 e. The van der Waals surface area contributed by atoms with Crippen molar-refractivity contribution in [2.75, 3.05) is 6.61 Å². The normalized spacial score (nSPS) is 15.5. The minimum atomic E-state index is -0.437. The SMILES string of the molecule is CCOc1ccc(/C=C2\C(=O)ON=C2c2cccc(I)c2)cc1. The van der Waals surface area contributed by atoms with Crippen molar-refractivity contribution < 1.29 is 14.4 Å². The molecule has 1 aliphatic rings. The van der Waals surface area contributed by atoms with E-state index in [1.807, 2.05) is 55.5 Å². The van der Waals surface area contributed by atoms with Gasteiger partial charge in [-0.3, -0.25) is 0 Å². The van der Waals surface area contributed by atoms with Crippen LogP contribution in [0.5, 0.6) is 5.75 Å². The van der Waals surface area contributed by atoms with Gasteiger partial charge in [-0.25, -0.2) is 4.79 Å². The summed E-state index contributed by atoms with van der Waals surface area (Å²) in [4.78, 5) is 16.8. The van der Waals surface area contributed by atoms with Crippen molar-refractivity contribution in [3.63, 3.8) is 0 Å². The van der Waals surface area contributed by atoms with E-state index in [9.17, 15) is 4.79 Å². The van der Waals surface area contributed by atoms with Crippen molar-refractivity contribution in [3.05, 3.63) is 68.8 Å². The molecule has 23 heavy (non-hydrogen) atoms. The van der Waals surface area contributed by atoms with Crippen LogP contribution in [-0.4, -0.2) is 18.3 Å². The van der Waals surface area contributed by atoms with Gasteiger partial charge >= 0.3 is 5.97 Å². The maximum absolute atomic E-state index is 12.0. The minimum Gasteiger partial charge on any atom is -0.494 e. The van der Waals surface area contributed by atoms with Crippen LogP contribution in [0.25, 0.3) is 6.08 Å². The molecule has 0 aliphatic carbocycles. The molecule has 0 saturated carbocycles. The van der Waals surface area contributed by atoms with Gasteiger partial charge in [-0.05, 0) is 65.4 Å². The van der Waals surface area contributed by atoms with E-state index in [0.717, 1.165) is 20.4 Å². The molecule has 0 unspecified atom stereocenters. The van der Waals surface area contributed by atoms with Gasteiger partial charge in [0, 0.05) is 9.13 Å². The van der Waals surface area contributed by atoms with Crippen LogP contribution in [-0.2, 0) is 9.63 Å². The summed E-state index contributed by atoms with van der Waals surface area (Å²) in [5.74, 6) is 0.364. The summed E-state index contributed by atoms with van der Waals surface area (Å²) in [5.41, 5.74) is 2.76. The zero-order chi connectivity index (χ0) is 16.2. The van der Waals surface area contributed by atoms with Crippen molar-refractivity contribution in [2.24, 2.45) is 5.16 Å². The molecule has 5 heteroatoms. The third kappa shape index (κ3) is 3.61. The average Bonchev–Trinajstić information content (AvgIpc) is 2.91. The second-order valence-electron chi connectivity index (χ2n) is 4.89. The van der Waals surface area contributed by atoms with Gasteiger partial charge in [0.05, 0.1) is 12.2 Å². The van der Waals surface area contributed by atoms with Gasteiger partial charge in [0.1, 0.15) is 11.5 Å². The van der Waals surface area contributed by atoms with E-state index in [0.29, 0.717) is 17.9 Å². The van der Waals surface area contributed by atoms with Crippen LogP contribution in [0.3, 0.4) is 0 Å². The molecule has 0 aromatic heterocycles. The summed E-state index contributed by atoms with van der Waals surface area (Å²) in [7, 11) is 0. The number of hydrogen-bond donors (Lipinski definition) is 0. The molecule has 0 spiro atoms. The van der Waals surface area contributed by atoms with Gasteiger partial charge in [-0.1, -0.05) is 29.4 Å². The first kappa shape index (κ1) is 15.7. The number of halogens is 1. The van der Waals surface area contributed by atoms with Crippen molar-refractivity contribution >= 4 is 40.3 Å². The number of rotatable bonds is 4. The Bertz CT molecular complexity index is 794. The highest BCUT2D eigenvalue weighted by atomic mass is 127. The summed E-state index contributed by atoms with van der Waals surface area (Å²) < 4.78 is 6.49. The molecule has 3 rings (SSSR count). The van der Waals surface area contributed by atoms with E-state index in [2.05, 4.69) is 27.7 Å². The molecular weight excluding hydrogens is 405 g/mol. The lowest BCUT2D eigenvalue weighted by Gasteiger charge is -2.04. The topological polar surface area (TPSA) is 47.9 Å². The predicted octanol–water partition coefficient (Wildman–Crippen LogP) is 4.03. The van der Waals surface area contributed by atoms with Crippen LogP contribution in [0.15, 0.2) is 59.3 Å². The second-order valence-corrected chi connectivity index (χ2v) is 6.13. The van der Waals surface area contributed by atoms with Crippen LogP contribution in [0, 0.1) is 3.57 Å². The van der Waals surface area contributed by atoms with Gasteiger partial charge in [-0.2, -0.15) is 0 Å². The Hall–Kier alpha value is -2.15. The summed E-state index contributed by atoms with van der Waals surface area (Å²) in [5, 5.41) is 3.92. The third-order valence-corrected chi connectivity index (χ3v) is 3.97. The lowest BCUT2D eigenvalue weighted by Crippen LogP contribution is -2.07. The van der Waals surface area contributed by atoms with Gasteiger partial charge in [0.25, 0.3) is 0 Å². The first-order valence-electron chi connectivity index (χ1n) is 7.17. The highest BCUT2D eigenvalue weighted by Gasteiger charge is 2.26. The number of nitrogens with zero attached hydrogens (tertiary/aromatic N) is 1. The number of carbonyl (C=O) groups excluding carboxylic acids is 1. The third-order valence-electron chi connectivity index (χ3n) is 3.30. The average molecular weight is 419 g/mol. The van der Waals surface area contributed by atoms with Crippen molar-refractivity contribution in [1.29, 1.82) is 0 Å². The standard InChI is InChI=1S/C18H14INO3/c1-2-22-15-8-6-12(7-9-15)10-16-17(20-23-18(16)21)13-4-3-5-14(19)11-13/h3-11H,2H2,1H3/b16-10-.